The van der Waals surface area contributed by atoms with Crippen LogP contribution in [0.25, 0.3) is 10.4 Å². The van der Waals surface area contributed by atoms with Crippen molar-refractivity contribution in [1.82, 2.24) is 0 Å². The van der Waals surface area contributed by atoms with Crippen molar-refractivity contribution in [3.8, 4) is 0 Å². The molecular formula is C40H82N4O19. The van der Waals surface area contributed by atoms with Crippen LogP contribution in [-0.4, -0.2) is 264 Å². The van der Waals surface area contributed by atoms with Gasteiger partial charge in [-0.25, -0.2) is 0 Å². The van der Waals surface area contributed by atoms with Gasteiger partial charge in [-0.1, -0.05) is 5.11 Å². The van der Waals surface area contributed by atoms with E-state index < -0.39 is 0 Å². The lowest BCUT2D eigenvalue weighted by molar-refractivity contribution is -0.0312. The summed E-state index contributed by atoms with van der Waals surface area (Å²) in [6.45, 7) is 19.6. The van der Waals surface area contributed by atoms with Crippen LogP contribution in [0.4, 0.5) is 0 Å². The highest BCUT2D eigenvalue weighted by Crippen LogP contribution is 1.89. The fourth-order valence-electron chi connectivity index (χ4n) is 4.29. The van der Waals surface area contributed by atoms with Crippen LogP contribution in [0.2, 0.25) is 0 Å². The van der Waals surface area contributed by atoms with E-state index in [1.165, 1.54) is 0 Å². The Hall–Kier alpha value is -1.49. The Morgan fingerprint density at radius 1 is 0.222 bits per heavy atom. The van der Waals surface area contributed by atoms with Gasteiger partial charge in [-0.05, 0) is 5.53 Å². The largest absolute Gasteiger partial charge is 0.379 e. The molecule has 0 bridgehead atoms. The van der Waals surface area contributed by atoms with Crippen molar-refractivity contribution < 1.29 is 90.0 Å². The van der Waals surface area contributed by atoms with E-state index in [0.29, 0.717) is 264 Å². The van der Waals surface area contributed by atoms with E-state index in [-0.39, 0.29) is 0 Å². The lowest BCUT2D eigenvalue weighted by Crippen LogP contribution is -2.16. The van der Waals surface area contributed by atoms with Gasteiger partial charge in [0.05, 0.1) is 251 Å². The van der Waals surface area contributed by atoms with E-state index in [0.717, 1.165) is 0 Å². The summed E-state index contributed by atoms with van der Waals surface area (Å²) < 4.78 is 103. The molecule has 0 radical (unpaired) electrons. The van der Waals surface area contributed by atoms with E-state index in [4.69, 9.17) is 101 Å². The van der Waals surface area contributed by atoms with Crippen LogP contribution < -0.4 is 5.73 Å². The molecule has 0 fully saturated rings. The van der Waals surface area contributed by atoms with Crippen LogP contribution in [0.3, 0.4) is 0 Å². The number of rotatable bonds is 59. The summed E-state index contributed by atoms with van der Waals surface area (Å²) in [5.74, 6) is 0. The minimum absolute atomic E-state index is 0.322. The van der Waals surface area contributed by atoms with Gasteiger partial charge in [-0.3, -0.25) is 0 Å². The average molecular weight is 923 g/mol. The Bertz CT molecular complexity index is 878. The van der Waals surface area contributed by atoms with Crippen LogP contribution >= 0.6 is 0 Å². The van der Waals surface area contributed by atoms with Gasteiger partial charge < -0.3 is 95.7 Å². The number of azide groups is 1. The summed E-state index contributed by atoms with van der Waals surface area (Å²) in [5.41, 5.74) is 13.5. The number of hydrogen-bond donors (Lipinski definition) is 1. The number of nitrogens with two attached hydrogens (primary N) is 1. The molecule has 63 heavy (non-hydrogen) atoms. The summed E-state index contributed by atoms with van der Waals surface area (Å²) in [5, 5.41) is 3.38. The molecular weight excluding hydrogens is 840 g/mol. The van der Waals surface area contributed by atoms with Crippen molar-refractivity contribution in [1.29, 1.82) is 0 Å². The van der Waals surface area contributed by atoms with Gasteiger partial charge in [0.1, 0.15) is 0 Å². The molecule has 0 spiro atoms. The third kappa shape index (κ3) is 60.5. The number of hydrogen-bond acceptors (Lipinski definition) is 21. The SMILES string of the molecule is [N-]=[N+]=NCCOCCOCCOCCOCCOCCOCCOCCOCCOCCOCCOCCOCCOCCOCCOCCOCCOCCOCCOCCN. The number of ether oxygens (including phenoxy) is 19. The minimum Gasteiger partial charge on any atom is -0.379 e. The van der Waals surface area contributed by atoms with Gasteiger partial charge in [0, 0.05) is 18.0 Å². The molecule has 0 aliphatic rings. The lowest BCUT2D eigenvalue weighted by Gasteiger charge is -2.09. The van der Waals surface area contributed by atoms with E-state index in [1.54, 1.807) is 0 Å². The molecule has 376 valence electrons. The third-order valence-electron chi connectivity index (χ3n) is 7.36. The Morgan fingerprint density at radius 3 is 0.476 bits per heavy atom. The molecule has 0 aromatic heterocycles. The topological polar surface area (TPSA) is 250 Å². The standard InChI is InChI=1S/C40H82N4O19/c41-1-3-45-5-7-47-9-11-49-13-15-51-17-19-53-21-23-55-25-27-57-29-31-59-33-35-61-37-39-63-40-38-62-36-34-60-32-30-58-28-26-56-24-22-54-20-18-52-16-14-50-12-10-48-8-6-46-4-2-43-44-42/h1-41H2. The first-order chi connectivity index (χ1) is 31.4. The first kappa shape index (κ1) is 61.5. The fraction of sp³-hybridized carbons (Fsp3) is 1.00. The summed E-state index contributed by atoms with van der Waals surface area (Å²) in [6, 6.07) is 0. The van der Waals surface area contributed by atoms with E-state index in [9.17, 15) is 0 Å². The molecule has 23 heteroatoms. The summed E-state index contributed by atoms with van der Waals surface area (Å²) >= 11 is 0. The van der Waals surface area contributed by atoms with Gasteiger partial charge >= 0.3 is 0 Å². The van der Waals surface area contributed by atoms with Crippen LogP contribution in [0.1, 0.15) is 0 Å². The molecule has 0 amide bonds. The Balaban J connectivity index is 3.07. The van der Waals surface area contributed by atoms with Gasteiger partial charge in [-0.15, -0.1) is 0 Å². The summed E-state index contributed by atoms with van der Waals surface area (Å²) in [7, 11) is 0. The molecule has 0 atom stereocenters. The van der Waals surface area contributed by atoms with Crippen molar-refractivity contribution in [2.45, 2.75) is 0 Å². The molecule has 0 aliphatic carbocycles. The second-order valence-electron chi connectivity index (χ2n) is 12.4. The fourth-order valence-corrected chi connectivity index (χ4v) is 4.29. The zero-order valence-corrected chi connectivity index (χ0v) is 38.0. The van der Waals surface area contributed by atoms with E-state index in [2.05, 4.69) is 10.0 Å². The predicted octanol–water partition coefficient (Wildman–Crippen LogP) is 0.571. The number of nitrogens with zero attached hydrogens (tertiary/aromatic N) is 3. The maximum absolute atomic E-state index is 8.16. The monoisotopic (exact) mass is 923 g/mol. The van der Waals surface area contributed by atoms with Crippen molar-refractivity contribution in [2.75, 3.05) is 264 Å². The van der Waals surface area contributed by atoms with Crippen LogP contribution in [0.5, 0.6) is 0 Å². The molecule has 0 aromatic carbocycles. The maximum atomic E-state index is 8.16. The third-order valence-corrected chi connectivity index (χ3v) is 7.36. The molecule has 0 aliphatic heterocycles. The lowest BCUT2D eigenvalue weighted by atomic mass is 10.6. The van der Waals surface area contributed by atoms with E-state index >= 15 is 0 Å². The molecule has 0 aromatic rings. The maximum Gasteiger partial charge on any atom is 0.0701 e. The van der Waals surface area contributed by atoms with Gasteiger partial charge in [0.15, 0.2) is 0 Å². The van der Waals surface area contributed by atoms with Crippen molar-refractivity contribution in [3.63, 3.8) is 0 Å². The summed E-state index contributed by atoms with van der Waals surface area (Å²) in [6.07, 6.45) is 0. The van der Waals surface area contributed by atoms with Crippen molar-refractivity contribution >= 4 is 0 Å². The molecule has 0 rings (SSSR count). The highest BCUT2D eigenvalue weighted by molar-refractivity contribution is 4.45. The van der Waals surface area contributed by atoms with Crippen molar-refractivity contribution in [3.05, 3.63) is 10.4 Å². The Kier molecular flexibility index (Phi) is 59.1. The van der Waals surface area contributed by atoms with Crippen molar-refractivity contribution in [2.24, 2.45) is 10.8 Å². The van der Waals surface area contributed by atoms with Gasteiger partial charge in [0.25, 0.3) is 0 Å². The highest BCUT2D eigenvalue weighted by atomic mass is 16.6. The second kappa shape index (κ2) is 60.5. The Morgan fingerprint density at radius 2 is 0.349 bits per heavy atom. The Labute approximate surface area is 375 Å². The van der Waals surface area contributed by atoms with Crippen LogP contribution in [0.15, 0.2) is 5.11 Å². The molecule has 2 N–H and O–H groups in total. The molecule has 0 saturated heterocycles. The molecule has 0 saturated carbocycles. The predicted molar refractivity (Wildman–Crippen MR) is 229 cm³/mol. The smallest absolute Gasteiger partial charge is 0.0701 e. The zero-order chi connectivity index (χ0) is 45.1. The minimum atomic E-state index is 0.322. The normalized spacial score (nSPS) is 11.5. The summed E-state index contributed by atoms with van der Waals surface area (Å²) in [4.78, 5) is 2.65. The van der Waals surface area contributed by atoms with Crippen LogP contribution in [-0.2, 0) is 90.0 Å². The molecule has 23 nitrogen and oxygen atoms in total. The van der Waals surface area contributed by atoms with Crippen LogP contribution in [0, 0.1) is 0 Å². The second-order valence-corrected chi connectivity index (χ2v) is 12.4. The molecule has 0 unspecified atom stereocenters. The van der Waals surface area contributed by atoms with Gasteiger partial charge in [0.2, 0.25) is 0 Å². The average Bonchev–Trinajstić information content (AvgIpc) is 3.29. The quantitative estimate of drug-likeness (QED) is 0.0379. The highest BCUT2D eigenvalue weighted by Gasteiger charge is 1.99. The van der Waals surface area contributed by atoms with E-state index in [1.807, 2.05) is 0 Å². The molecule has 0 heterocycles. The zero-order valence-electron chi connectivity index (χ0n) is 38.0. The first-order valence-corrected chi connectivity index (χ1v) is 22.1. The van der Waals surface area contributed by atoms with Gasteiger partial charge in [-0.2, -0.15) is 0 Å². The first-order valence-electron chi connectivity index (χ1n) is 22.1.